The number of nitrogens with zero attached hydrogens (tertiary/aromatic N) is 1. The minimum Gasteiger partial charge on any atom is -0.508 e. The van der Waals surface area contributed by atoms with Gasteiger partial charge in [0.05, 0.1) is 20.3 Å². The van der Waals surface area contributed by atoms with E-state index >= 15 is 0 Å². The van der Waals surface area contributed by atoms with Gasteiger partial charge >= 0.3 is 5.63 Å². The lowest BCUT2D eigenvalue weighted by molar-refractivity contribution is -0.885. The van der Waals surface area contributed by atoms with E-state index in [0.717, 1.165) is 21.4 Å². The molecule has 1 fully saturated rings. The molecule has 2 heterocycles. The fraction of sp³-hybridized carbons (Fsp3) is 0.474. The van der Waals surface area contributed by atoms with Crippen molar-refractivity contribution in [1.29, 1.82) is 0 Å². The summed E-state index contributed by atoms with van der Waals surface area (Å²) in [5.74, 6) is 0.216. The van der Waals surface area contributed by atoms with Gasteiger partial charge in [-0.05, 0) is 18.1 Å². The maximum absolute atomic E-state index is 12.4. The maximum Gasteiger partial charge on any atom is 0.336 e. The summed E-state index contributed by atoms with van der Waals surface area (Å²) in [4.78, 5) is 27.1. The van der Waals surface area contributed by atoms with Crippen molar-refractivity contribution in [3.05, 3.63) is 39.7 Å². The Morgan fingerprint density at radius 1 is 1.23 bits per heavy atom. The smallest absolute Gasteiger partial charge is 0.336 e. The summed E-state index contributed by atoms with van der Waals surface area (Å²) in [7, 11) is 1.93. The highest BCUT2D eigenvalue weighted by atomic mass is 16.5. The molecule has 1 aromatic heterocycles. The number of morpholine rings is 1. The quantitative estimate of drug-likeness (QED) is 0.729. The van der Waals surface area contributed by atoms with Crippen molar-refractivity contribution in [2.24, 2.45) is 0 Å². The predicted molar refractivity (Wildman–Crippen MR) is 96.4 cm³/mol. The SMILES string of the molecule is CCc1cc2c(C[NH+](C)CC(=O)N3CCOCC3)cc(=O)oc2cc1O. The molecule has 0 spiro atoms. The third-order valence-electron chi connectivity index (χ3n) is 4.72. The van der Waals surface area contributed by atoms with Crippen LogP contribution in [0.15, 0.2) is 27.4 Å². The van der Waals surface area contributed by atoms with E-state index < -0.39 is 5.63 Å². The van der Waals surface area contributed by atoms with E-state index in [-0.39, 0.29) is 11.7 Å². The molecular weight excluding hydrogens is 336 g/mol. The molecule has 0 radical (unpaired) electrons. The Balaban J connectivity index is 1.80. The number of hydrogen-bond donors (Lipinski definition) is 2. The zero-order valence-electron chi connectivity index (χ0n) is 15.2. The molecule has 2 N–H and O–H groups in total. The van der Waals surface area contributed by atoms with Crippen molar-refractivity contribution in [2.75, 3.05) is 39.9 Å². The van der Waals surface area contributed by atoms with Gasteiger partial charge in [0.25, 0.3) is 5.91 Å². The first-order valence-corrected chi connectivity index (χ1v) is 8.93. The molecule has 1 aromatic carbocycles. The summed E-state index contributed by atoms with van der Waals surface area (Å²) in [5.41, 5.74) is 1.53. The van der Waals surface area contributed by atoms with Gasteiger partial charge in [-0.2, -0.15) is 0 Å². The number of quaternary nitrogens is 1. The van der Waals surface area contributed by atoms with Crippen molar-refractivity contribution in [1.82, 2.24) is 4.90 Å². The van der Waals surface area contributed by atoms with Gasteiger partial charge in [0.15, 0.2) is 6.54 Å². The summed E-state index contributed by atoms with van der Waals surface area (Å²) in [6, 6.07) is 4.83. The molecule has 26 heavy (non-hydrogen) atoms. The van der Waals surface area contributed by atoms with E-state index in [4.69, 9.17) is 9.15 Å². The normalized spacial score (nSPS) is 16.0. The maximum atomic E-state index is 12.4. The van der Waals surface area contributed by atoms with Crippen molar-refractivity contribution in [3.63, 3.8) is 0 Å². The highest BCUT2D eigenvalue weighted by molar-refractivity contribution is 5.82. The Morgan fingerprint density at radius 3 is 2.65 bits per heavy atom. The van der Waals surface area contributed by atoms with Crippen LogP contribution in [0.4, 0.5) is 0 Å². The van der Waals surface area contributed by atoms with Crippen LogP contribution in [0.2, 0.25) is 0 Å². The number of phenolic OH excluding ortho intramolecular Hbond substituents is 1. The number of likely N-dealkylation sites (N-methyl/N-ethyl adjacent to an activating group) is 1. The number of rotatable bonds is 5. The van der Waals surface area contributed by atoms with Gasteiger partial charge < -0.3 is 24.1 Å². The molecule has 140 valence electrons. The van der Waals surface area contributed by atoms with Crippen LogP contribution in [0, 0.1) is 0 Å². The van der Waals surface area contributed by atoms with E-state index in [0.29, 0.717) is 51.4 Å². The third kappa shape index (κ3) is 4.05. The predicted octanol–water partition coefficient (Wildman–Crippen LogP) is -0.0655. The number of ether oxygens (including phenoxy) is 1. The van der Waals surface area contributed by atoms with Crippen LogP contribution in [-0.2, 0) is 22.5 Å². The van der Waals surface area contributed by atoms with Crippen LogP contribution in [-0.4, -0.2) is 55.8 Å². The molecule has 1 amide bonds. The molecule has 0 aliphatic carbocycles. The first kappa shape index (κ1) is 18.4. The summed E-state index contributed by atoms with van der Waals surface area (Å²) >= 11 is 0. The largest absolute Gasteiger partial charge is 0.508 e. The number of aryl methyl sites for hydroxylation is 1. The Bertz CT molecular complexity index is 855. The number of nitrogens with one attached hydrogen (secondary N) is 1. The monoisotopic (exact) mass is 361 g/mol. The summed E-state index contributed by atoms with van der Waals surface area (Å²) in [6.45, 7) is 5.24. The van der Waals surface area contributed by atoms with Gasteiger partial charge in [-0.3, -0.25) is 4.79 Å². The number of fused-ring (bicyclic) bond motifs is 1. The highest BCUT2D eigenvalue weighted by Crippen LogP contribution is 2.26. The standard InChI is InChI=1S/C19H24N2O5/c1-3-13-8-15-14(9-19(24)26-17(15)10-16(13)22)11-20(2)12-18(23)21-4-6-25-7-5-21/h8-10,22H,3-7,11-12H2,1-2H3/p+1. The average molecular weight is 361 g/mol. The number of hydrogen-bond acceptors (Lipinski definition) is 5. The number of phenols is 1. The van der Waals surface area contributed by atoms with Gasteiger partial charge in [-0.15, -0.1) is 0 Å². The molecule has 3 rings (SSSR count). The second-order valence-corrected chi connectivity index (χ2v) is 6.73. The third-order valence-corrected chi connectivity index (χ3v) is 4.72. The lowest BCUT2D eigenvalue weighted by atomic mass is 10.0. The summed E-state index contributed by atoms with van der Waals surface area (Å²) in [6.07, 6.45) is 0.679. The molecular formula is C19H25N2O5+. The minimum absolute atomic E-state index is 0.0879. The summed E-state index contributed by atoms with van der Waals surface area (Å²) < 4.78 is 10.5. The van der Waals surface area contributed by atoms with Crippen LogP contribution in [0.1, 0.15) is 18.1 Å². The van der Waals surface area contributed by atoms with Crippen LogP contribution < -0.4 is 10.5 Å². The van der Waals surface area contributed by atoms with Crippen LogP contribution in [0.25, 0.3) is 11.0 Å². The molecule has 2 aromatic rings. The minimum atomic E-state index is -0.455. The molecule has 1 unspecified atom stereocenters. The van der Waals surface area contributed by atoms with Crippen molar-refractivity contribution in [3.8, 4) is 5.75 Å². The number of carbonyl (C=O) groups excluding carboxylic acids is 1. The van der Waals surface area contributed by atoms with Crippen molar-refractivity contribution in [2.45, 2.75) is 19.9 Å². The second-order valence-electron chi connectivity index (χ2n) is 6.73. The average Bonchev–Trinajstić information content (AvgIpc) is 2.61. The van der Waals surface area contributed by atoms with Gasteiger partial charge in [-0.1, -0.05) is 6.92 Å². The lowest BCUT2D eigenvalue weighted by Crippen LogP contribution is -3.09. The fourth-order valence-electron chi connectivity index (χ4n) is 3.31. The number of amides is 1. The number of carbonyl (C=O) groups is 1. The van der Waals surface area contributed by atoms with Gasteiger partial charge in [-0.25, -0.2) is 4.79 Å². The Kier molecular flexibility index (Phi) is 5.58. The first-order chi connectivity index (χ1) is 12.5. The van der Waals surface area contributed by atoms with E-state index in [1.807, 2.05) is 24.9 Å². The molecule has 7 nitrogen and oxygen atoms in total. The van der Waals surface area contributed by atoms with E-state index in [1.165, 1.54) is 12.1 Å². The Labute approximate surface area is 151 Å². The summed E-state index contributed by atoms with van der Waals surface area (Å²) in [5, 5.41) is 10.8. The molecule has 1 atom stereocenters. The Hall–Kier alpha value is -2.38. The number of benzene rings is 1. The molecule has 0 saturated carbocycles. The molecule has 7 heteroatoms. The lowest BCUT2D eigenvalue weighted by Gasteiger charge is -2.27. The molecule has 1 aliphatic heterocycles. The van der Waals surface area contributed by atoms with Crippen molar-refractivity contribution < 1.29 is 24.0 Å². The van der Waals surface area contributed by atoms with E-state index in [2.05, 4.69) is 0 Å². The van der Waals surface area contributed by atoms with Crippen LogP contribution >= 0.6 is 0 Å². The molecule has 1 saturated heterocycles. The zero-order chi connectivity index (χ0) is 18.7. The molecule has 0 bridgehead atoms. The first-order valence-electron chi connectivity index (χ1n) is 8.93. The van der Waals surface area contributed by atoms with Crippen molar-refractivity contribution >= 4 is 16.9 Å². The molecule has 1 aliphatic rings. The number of aromatic hydroxyl groups is 1. The highest BCUT2D eigenvalue weighted by Gasteiger charge is 2.21. The fourth-order valence-corrected chi connectivity index (χ4v) is 3.31. The van der Waals surface area contributed by atoms with Crippen LogP contribution in [0.5, 0.6) is 5.75 Å². The van der Waals surface area contributed by atoms with E-state index in [1.54, 1.807) is 0 Å². The zero-order valence-corrected chi connectivity index (χ0v) is 15.2. The van der Waals surface area contributed by atoms with Gasteiger partial charge in [0.2, 0.25) is 0 Å². The van der Waals surface area contributed by atoms with Gasteiger partial charge in [0.1, 0.15) is 17.9 Å². The van der Waals surface area contributed by atoms with Gasteiger partial charge in [0, 0.05) is 36.2 Å². The second kappa shape index (κ2) is 7.88. The van der Waals surface area contributed by atoms with Crippen LogP contribution in [0.3, 0.4) is 0 Å². The Morgan fingerprint density at radius 2 is 1.96 bits per heavy atom. The van der Waals surface area contributed by atoms with E-state index in [9.17, 15) is 14.7 Å². The topological polar surface area (TPSA) is 84.4 Å².